The maximum Gasteiger partial charge on any atom is 0.239 e. The van der Waals surface area contributed by atoms with Crippen molar-refractivity contribution in [3.63, 3.8) is 0 Å². The summed E-state index contributed by atoms with van der Waals surface area (Å²) in [6.07, 6.45) is 5.42. The van der Waals surface area contributed by atoms with Crippen molar-refractivity contribution in [2.45, 2.75) is 0 Å². The lowest BCUT2D eigenvalue weighted by Crippen LogP contribution is -2.48. The molecule has 4 heterocycles. The third-order valence-electron chi connectivity index (χ3n) is 5.86. The van der Waals surface area contributed by atoms with E-state index in [0.717, 1.165) is 33.4 Å². The number of carbonyl (C=O) groups excluding carboxylic acids is 1. The molecule has 2 N–H and O–H groups in total. The Kier molecular flexibility index (Phi) is 4.30. The number of benzene rings is 2. The van der Waals surface area contributed by atoms with Gasteiger partial charge >= 0.3 is 0 Å². The molecule has 0 saturated carbocycles. The van der Waals surface area contributed by atoms with Gasteiger partial charge in [-0.05, 0) is 24.3 Å². The van der Waals surface area contributed by atoms with Crippen molar-refractivity contribution >= 4 is 28.3 Å². The van der Waals surface area contributed by atoms with Crippen LogP contribution in [0.15, 0.2) is 61.1 Å². The number of H-pyrrole nitrogens is 1. The standard InChI is InChI=1S/C24H18N8O/c25-12-15-1-3-16(4-2-15)21-22(17-5-6-19-18(11-17)13-28-30-19)32-10-8-27-23(24(32)29-21)31-9-7-26-20(33)14-31/h1-6,8,10-11,13H,7,9,14H2,(H,26,33)(H,28,30). The highest BCUT2D eigenvalue weighted by molar-refractivity contribution is 5.90. The Hall–Kier alpha value is -4.71. The fraction of sp³-hybridized carbons (Fsp3) is 0.125. The van der Waals surface area contributed by atoms with Gasteiger partial charge in [0.15, 0.2) is 11.5 Å². The summed E-state index contributed by atoms with van der Waals surface area (Å²) in [7, 11) is 0. The number of amides is 1. The molecule has 0 bridgehead atoms. The maximum atomic E-state index is 12.0. The number of nitrogens with zero attached hydrogens (tertiary/aromatic N) is 6. The van der Waals surface area contributed by atoms with Gasteiger partial charge in [-0.25, -0.2) is 9.97 Å². The lowest BCUT2D eigenvalue weighted by atomic mass is 10.0. The minimum atomic E-state index is -0.0328. The van der Waals surface area contributed by atoms with Crippen LogP contribution in [0.25, 0.3) is 39.1 Å². The molecule has 1 aliphatic heterocycles. The number of aromatic nitrogens is 5. The first-order valence-corrected chi connectivity index (χ1v) is 10.5. The number of hydrogen-bond donors (Lipinski definition) is 2. The first-order chi connectivity index (χ1) is 16.2. The third kappa shape index (κ3) is 3.16. The molecule has 0 unspecified atom stereocenters. The molecule has 3 aromatic heterocycles. The number of nitriles is 1. The van der Waals surface area contributed by atoms with Crippen molar-refractivity contribution in [3.8, 4) is 28.6 Å². The Morgan fingerprint density at radius 2 is 1.94 bits per heavy atom. The van der Waals surface area contributed by atoms with Crippen LogP contribution in [0.3, 0.4) is 0 Å². The van der Waals surface area contributed by atoms with E-state index in [1.165, 1.54) is 0 Å². The molecule has 1 aliphatic rings. The fourth-order valence-electron chi connectivity index (χ4n) is 4.28. The van der Waals surface area contributed by atoms with Gasteiger partial charge in [-0.2, -0.15) is 10.4 Å². The van der Waals surface area contributed by atoms with Crippen LogP contribution in [0, 0.1) is 11.3 Å². The monoisotopic (exact) mass is 434 g/mol. The second kappa shape index (κ2) is 7.46. The van der Waals surface area contributed by atoms with Gasteiger partial charge in [-0.3, -0.25) is 14.3 Å². The smallest absolute Gasteiger partial charge is 0.239 e. The Morgan fingerprint density at radius 3 is 2.76 bits per heavy atom. The summed E-state index contributed by atoms with van der Waals surface area (Å²) in [4.78, 5) is 23.5. The molecule has 0 atom stereocenters. The van der Waals surface area contributed by atoms with E-state index in [9.17, 15) is 10.1 Å². The van der Waals surface area contributed by atoms with Crippen molar-refractivity contribution in [3.05, 3.63) is 66.6 Å². The first-order valence-electron chi connectivity index (χ1n) is 10.5. The zero-order valence-corrected chi connectivity index (χ0v) is 17.5. The topological polar surface area (TPSA) is 115 Å². The first kappa shape index (κ1) is 19.0. The lowest BCUT2D eigenvalue weighted by molar-refractivity contribution is -0.120. The minimum Gasteiger partial charge on any atom is -0.353 e. The highest BCUT2D eigenvalue weighted by Crippen LogP contribution is 2.36. The van der Waals surface area contributed by atoms with Crippen molar-refractivity contribution in [2.75, 3.05) is 24.5 Å². The Bertz CT molecular complexity index is 1560. The van der Waals surface area contributed by atoms with Crippen molar-refractivity contribution < 1.29 is 4.79 Å². The zero-order valence-electron chi connectivity index (χ0n) is 17.5. The Balaban J connectivity index is 1.61. The van der Waals surface area contributed by atoms with Gasteiger partial charge in [0, 0.05) is 42.0 Å². The Morgan fingerprint density at radius 1 is 1.09 bits per heavy atom. The highest BCUT2D eigenvalue weighted by atomic mass is 16.2. The van der Waals surface area contributed by atoms with E-state index >= 15 is 0 Å². The van der Waals surface area contributed by atoms with Crippen LogP contribution in [-0.2, 0) is 4.79 Å². The average Bonchev–Trinajstić information content (AvgIpc) is 3.48. The average molecular weight is 434 g/mol. The number of imidazole rings is 1. The molecule has 0 radical (unpaired) electrons. The van der Waals surface area contributed by atoms with Crippen LogP contribution in [0.1, 0.15) is 5.56 Å². The molecule has 0 spiro atoms. The second-order valence-electron chi connectivity index (χ2n) is 7.89. The molecule has 1 fully saturated rings. The van der Waals surface area contributed by atoms with E-state index in [1.807, 2.05) is 39.8 Å². The van der Waals surface area contributed by atoms with E-state index in [0.29, 0.717) is 30.1 Å². The number of piperazine rings is 1. The van der Waals surface area contributed by atoms with Crippen LogP contribution in [0.2, 0.25) is 0 Å². The van der Waals surface area contributed by atoms with Crippen molar-refractivity contribution in [1.82, 2.24) is 29.9 Å². The maximum absolute atomic E-state index is 12.0. The van der Waals surface area contributed by atoms with Crippen molar-refractivity contribution in [2.24, 2.45) is 0 Å². The number of rotatable bonds is 3. The predicted molar refractivity (Wildman–Crippen MR) is 123 cm³/mol. The number of nitrogens with one attached hydrogen (secondary N) is 2. The van der Waals surface area contributed by atoms with E-state index in [-0.39, 0.29) is 12.5 Å². The third-order valence-corrected chi connectivity index (χ3v) is 5.86. The van der Waals surface area contributed by atoms with Crippen LogP contribution in [0.5, 0.6) is 0 Å². The van der Waals surface area contributed by atoms with E-state index in [2.05, 4.69) is 32.6 Å². The molecular weight excluding hydrogens is 416 g/mol. The van der Waals surface area contributed by atoms with Gasteiger partial charge < -0.3 is 10.2 Å². The lowest BCUT2D eigenvalue weighted by Gasteiger charge is -2.27. The van der Waals surface area contributed by atoms with Crippen LogP contribution >= 0.6 is 0 Å². The number of carbonyl (C=O) groups is 1. The molecule has 0 aliphatic carbocycles. The molecule has 1 amide bonds. The Labute approximate surface area is 188 Å². The molecule has 9 nitrogen and oxygen atoms in total. The summed E-state index contributed by atoms with van der Waals surface area (Å²) in [5, 5.41) is 20.2. The van der Waals surface area contributed by atoms with E-state index < -0.39 is 0 Å². The summed E-state index contributed by atoms with van der Waals surface area (Å²) in [5.74, 6) is 0.632. The molecule has 6 rings (SSSR count). The molecule has 2 aromatic carbocycles. The number of aromatic amines is 1. The zero-order chi connectivity index (χ0) is 22.4. The summed E-state index contributed by atoms with van der Waals surface area (Å²) < 4.78 is 2.02. The number of fused-ring (bicyclic) bond motifs is 2. The molecule has 1 saturated heterocycles. The molecule has 9 heteroatoms. The second-order valence-corrected chi connectivity index (χ2v) is 7.89. The SMILES string of the molecule is N#Cc1ccc(-c2nc3c(N4CCNC(=O)C4)nccn3c2-c2ccc3[nH]ncc3c2)cc1. The van der Waals surface area contributed by atoms with Gasteiger partial charge in [-0.1, -0.05) is 18.2 Å². The van der Waals surface area contributed by atoms with Crippen LogP contribution < -0.4 is 10.2 Å². The fourth-order valence-corrected chi connectivity index (χ4v) is 4.28. The molecule has 33 heavy (non-hydrogen) atoms. The largest absolute Gasteiger partial charge is 0.353 e. The van der Waals surface area contributed by atoms with E-state index in [4.69, 9.17) is 4.98 Å². The van der Waals surface area contributed by atoms with Gasteiger partial charge in [-0.15, -0.1) is 0 Å². The molecule has 5 aromatic rings. The van der Waals surface area contributed by atoms with Gasteiger partial charge in [0.1, 0.15) is 0 Å². The van der Waals surface area contributed by atoms with Crippen LogP contribution in [-0.4, -0.2) is 50.1 Å². The van der Waals surface area contributed by atoms with Crippen LogP contribution in [0.4, 0.5) is 5.82 Å². The highest BCUT2D eigenvalue weighted by Gasteiger charge is 2.24. The molecule has 160 valence electrons. The minimum absolute atomic E-state index is 0.0328. The summed E-state index contributed by atoms with van der Waals surface area (Å²) in [6, 6.07) is 15.6. The summed E-state index contributed by atoms with van der Waals surface area (Å²) in [5.41, 5.74) is 5.76. The van der Waals surface area contributed by atoms with Crippen molar-refractivity contribution in [1.29, 1.82) is 5.26 Å². The normalized spacial score (nSPS) is 13.9. The quantitative estimate of drug-likeness (QED) is 0.451. The predicted octanol–water partition coefficient (Wildman–Crippen LogP) is 2.75. The summed E-state index contributed by atoms with van der Waals surface area (Å²) >= 11 is 0. The number of hydrogen-bond acceptors (Lipinski definition) is 6. The van der Waals surface area contributed by atoms with Gasteiger partial charge in [0.05, 0.1) is 41.3 Å². The van der Waals surface area contributed by atoms with Gasteiger partial charge in [0.2, 0.25) is 5.91 Å². The molecular formula is C24H18N8O. The van der Waals surface area contributed by atoms with E-state index in [1.54, 1.807) is 24.5 Å². The number of anilines is 1. The summed E-state index contributed by atoms with van der Waals surface area (Å²) in [6.45, 7) is 1.46. The van der Waals surface area contributed by atoms with Gasteiger partial charge in [0.25, 0.3) is 0 Å².